The Balaban J connectivity index is 2.50. The largest absolute Gasteiger partial charge is 0.328 e. The summed E-state index contributed by atoms with van der Waals surface area (Å²) < 4.78 is 0. The maximum Gasteiger partial charge on any atom is 0.0372 e. The maximum absolute atomic E-state index is 5.88. The van der Waals surface area contributed by atoms with Crippen molar-refractivity contribution in [2.24, 2.45) is 16.6 Å². The van der Waals surface area contributed by atoms with Gasteiger partial charge < -0.3 is 5.73 Å². The molecule has 0 aromatic carbocycles. The van der Waals surface area contributed by atoms with Crippen LogP contribution < -0.4 is 5.73 Å². The molecule has 1 saturated carbocycles. The Kier molecular flexibility index (Phi) is 4.88. The molecule has 0 spiro atoms. The average Bonchev–Trinajstić information content (AvgIpc) is 2.21. The van der Waals surface area contributed by atoms with Gasteiger partial charge in [0.05, 0.1) is 0 Å². The van der Waals surface area contributed by atoms with E-state index in [0.717, 1.165) is 19.3 Å². The Labute approximate surface area is 87.3 Å². The van der Waals surface area contributed by atoms with E-state index in [2.05, 4.69) is 24.1 Å². The molecular formula is C12H22N2. The zero-order valence-corrected chi connectivity index (χ0v) is 9.37. The van der Waals surface area contributed by atoms with Crippen molar-refractivity contribution in [2.45, 2.75) is 45.1 Å². The molecule has 1 aliphatic carbocycles. The molecule has 2 nitrogen and oxygen atoms in total. The van der Waals surface area contributed by atoms with E-state index in [1.54, 1.807) is 0 Å². The fourth-order valence-electron chi connectivity index (χ4n) is 2.05. The number of nitrogens with zero attached hydrogens (tertiary/aromatic N) is 1. The minimum Gasteiger partial charge on any atom is -0.328 e. The topological polar surface area (TPSA) is 38.4 Å². The molecule has 0 saturated heterocycles. The first kappa shape index (κ1) is 11.4. The van der Waals surface area contributed by atoms with Crippen LogP contribution in [0.25, 0.3) is 0 Å². The van der Waals surface area contributed by atoms with Crippen LogP contribution in [0.4, 0.5) is 0 Å². The third-order valence-electron chi connectivity index (χ3n) is 2.97. The zero-order chi connectivity index (χ0) is 10.4. The fraction of sp³-hybridized carbons (Fsp3) is 0.750. The SMILES string of the molecule is CC/C=C\C(=NC)C1CCC(N)CC1. The van der Waals surface area contributed by atoms with Crippen LogP contribution in [0, 0.1) is 5.92 Å². The summed E-state index contributed by atoms with van der Waals surface area (Å²) in [7, 11) is 1.89. The van der Waals surface area contributed by atoms with Crippen molar-refractivity contribution in [3.8, 4) is 0 Å². The average molecular weight is 194 g/mol. The molecule has 1 rings (SSSR count). The third kappa shape index (κ3) is 3.26. The van der Waals surface area contributed by atoms with E-state index >= 15 is 0 Å². The van der Waals surface area contributed by atoms with Gasteiger partial charge in [-0.05, 0) is 38.2 Å². The molecule has 0 unspecified atom stereocenters. The van der Waals surface area contributed by atoms with Gasteiger partial charge in [0.15, 0.2) is 0 Å². The monoisotopic (exact) mass is 194 g/mol. The van der Waals surface area contributed by atoms with Gasteiger partial charge in [0.25, 0.3) is 0 Å². The predicted octanol–water partition coefficient (Wildman–Crippen LogP) is 2.54. The minimum atomic E-state index is 0.430. The highest BCUT2D eigenvalue weighted by molar-refractivity contribution is 5.96. The Morgan fingerprint density at radius 1 is 1.36 bits per heavy atom. The summed E-state index contributed by atoms with van der Waals surface area (Å²) in [4.78, 5) is 4.36. The van der Waals surface area contributed by atoms with E-state index in [0.29, 0.717) is 12.0 Å². The number of rotatable bonds is 3. The molecule has 2 heteroatoms. The lowest BCUT2D eigenvalue weighted by Crippen LogP contribution is -2.29. The first-order valence-corrected chi connectivity index (χ1v) is 5.66. The Morgan fingerprint density at radius 3 is 2.50 bits per heavy atom. The van der Waals surface area contributed by atoms with Gasteiger partial charge in [-0.25, -0.2) is 0 Å². The molecule has 0 heterocycles. The minimum absolute atomic E-state index is 0.430. The predicted molar refractivity (Wildman–Crippen MR) is 62.7 cm³/mol. The molecule has 0 amide bonds. The smallest absolute Gasteiger partial charge is 0.0372 e. The van der Waals surface area contributed by atoms with Crippen molar-refractivity contribution in [2.75, 3.05) is 7.05 Å². The molecule has 2 N–H and O–H groups in total. The van der Waals surface area contributed by atoms with Gasteiger partial charge in [-0.3, -0.25) is 4.99 Å². The standard InChI is InChI=1S/C12H22N2/c1-3-4-5-12(14-2)10-6-8-11(13)9-7-10/h4-5,10-11H,3,6-9,13H2,1-2H3/b5-4-,14-12?. The summed E-state index contributed by atoms with van der Waals surface area (Å²) in [5.74, 6) is 0.655. The highest BCUT2D eigenvalue weighted by Crippen LogP contribution is 2.24. The van der Waals surface area contributed by atoms with Crippen molar-refractivity contribution in [1.82, 2.24) is 0 Å². The Morgan fingerprint density at radius 2 is 2.00 bits per heavy atom. The number of allylic oxidation sites excluding steroid dienone is 2. The number of aliphatic imine (C=N–C) groups is 1. The summed E-state index contributed by atoms with van der Waals surface area (Å²) in [6.45, 7) is 2.15. The van der Waals surface area contributed by atoms with Gasteiger partial charge in [-0.15, -0.1) is 0 Å². The highest BCUT2D eigenvalue weighted by atomic mass is 14.7. The van der Waals surface area contributed by atoms with Crippen LogP contribution in [0.3, 0.4) is 0 Å². The fourth-order valence-corrected chi connectivity index (χ4v) is 2.05. The number of nitrogens with two attached hydrogens (primary N) is 1. The molecule has 0 radical (unpaired) electrons. The first-order chi connectivity index (χ1) is 6.77. The lowest BCUT2D eigenvalue weighted by molar-refractivity contribution is 0.392. The van der Waals surface area contributed by atoms with E-state index in [1.165, 1.54) is 18.6 Å². The van der Waals surface area contributed by atoms with Gasteiger partial charge in [-0.2, -0.15) is 0 Å². The van der Waals surface area contributed by atoms with Crippen LogP contribution in [0.15, 0.2) is 17.1 Å². The Hall–Kier alpha value is -0.630. The summed E-state index contributed by atoms with van der Waals surface area (Å²) >= 11 is 0. The maximum atomic E-state index is 5.88. The van der Waals surface area contributed by atoms with Crippen molar-refractivity contribution in [3.63, 3.8) is 0 Å². The van der Waals surface area contributed by atoms with Crippen molar-refractivity contribution < 1.29 is 0 Å². The molecule has 0 aromatic heterocycles. The zero-order valence-electron chi connectivity index (χ0n) is 9.37. The van der Waals surface area contributed by atoms with E-state index in [-0.39, 0.29) is 0 Å². The van der Waals surface area contributed by atoms with E-state index < -0.39 is 0 Å². The number of hydrogen-bond donors (Lipinski definition) is 1. The summed E-state index contributed by atoms with van der Waals surface area (Å²) in [6.07, 6.45) is 10.2. The molecule has 14 heavy (non-hydrogen) atoms. The van der Waals surface area contributed by atoms with Crippen LogP contribution >= 0.6 is 0 Å². The second-order valence-electron chi connectivity index (χ2n) is 4.07. The van der Waals surface area contributed by atoms with Crippen molar-refractivity contribution >= 4 is 5.71 Å². The van der Waals surface area contributed by atoms with Gasteiger partial charge in [-0.1, -0.05) is 13.0 Å². The second-order valence-corrected chi connectivity index (χ2v) is 4.07. The van der Waals surface area contributed by atoms with Crippen LogP contribution in [0.5, 0.6) is 0 Å². The van der Waals surface area contributed by atoms with E-state index in [9.17, 15) is 0 Å². The van der Waals surface area contributed by atoms with Gasteiger partial charge in [0.2, 0.25) is 0 Å². The van der Waals surface area contributed by atoms with Crippen LogP contribution in [-0.4, -0.2) is 18.8 Å². The van der Waals surface area contributed by atoms with Gasteiger partial charge in [0.1, 0.15) is 0 Å². The van der Waals surface area contributed by atoms with Gasteiger partial charge in [0, 0.05) is 24.7 Å². The lowest BCUT2D eigenvalue weighted by atomic mass is 9.83. The van der Waals surface area contributed by atoms with Crippen LogP contribution in [0.2, 0.25) is 0 Å². The van der Waals surface area contributed by atoms with Crippen molar-refractivity contribution in [3.05, 3.63) is 12.2 Å². The first-order valence-electron chi connectivity index (χ1n) is 5.66. The van der Waals surface area contributed by atoms with Crippen LogP contribution in [0.1, 0.15) is 39.0 Å². The van der Waals surface area contributed by atoms with E-state index in [1.807, 2.05) is 7.05 Å². The summed E-state index contributed by atoms with van der Waals surface area (Å²) in [5, 5.41) is 0. The molecule has 0 aliphatic heterocycles. The Bertz CT molecular complexity index is 210. The molecular weight excluding hydrogens is 172 g/mol. The molecule has 1 fully saturated rings. The van der Waals surface area contributed by atoms with E-state index in [4.69, 9.17) is 5.73 Å². The molecule has 0 aromatic rings. The quantitative estimate of drug-likeness (QED) is 0.689. The molecule has 0 atom stereocenters. The number of hydrogen-bond acceptors (Lipinski definition) is 2. The summed E-state index contributed by atoms with van der Waals surface area (Å²) in [5.41, 5.74) is 7.14. The highest BCUT2D eigenvalue weighted by Gasteiger charge is 2.20. The van der Waals surface area contributed by atoms with Crippen molar-refractivity contribution in [1.29, 1.82) is 0 Å². The van der Waals surface area contributed by atoms with Gasteiger partial charge >= 0.3 is 0 Å². The normalized spacial score (nSPS) is 29.8. The second kappa shape index (κ2) is 5.97. The lowest BCUT2D eigenvalue weighted by Gasteiger charge is -2.26. The molecule has 80 valence electrons. The third-order valence-corrected chi connectivity index (χ3v) is 2.97. The van der Waals surface area contributed by atoms with Crippen LogP contribution in [-0.2, 0) is 0 Å². The molecule has 0 bridgehead atoms. The summed E-state index contributed by atoms with van der Waals surface area (Å²) in [6, 6.07) is 0.430. The molecule has 1 aliphatic rings.